The van der Waals surface area contributed by atoms with Crippen LogP contribution in [0.2, 0.25) is 0 Å². The number of rotatable bonds is 1. The van der Waals surface area contributed by atoms with Gasteiger partial charge in [-0.15, -0.1) is 0 Å². The summed E-state index contributed by atoms with van der Waals surface area (Å²) in [7, 11) is 0. The van der Waals surface area contributed by atoms with Gasteiger partial charge in [-0.3, -0.25) is 9.78 Å². The van der Waals surface area contributed by atoms with Crippen LogP contribution in [-0.2, 0) is 0 Å². The molecule has 2 aromatic heterocycles. The molecule has 3 rings (SSSR count). The van der Waals surface area contributed by atoms with Gasteiger partial charge in [0.15, 0.2) is 11.2 Å². The number of fused-ring (bicyclic) bond motifs is 1. The minimum Gasteiger partial charge on any atom is -0.390 e. The zero-order chi connectivity index (χ0) is 12.9. The van der Waals surface area contributed by atoms with Crippen molar-refractivity contribution in [1.82, 2.24) is 19.5 Å². The lowest BCUT2D eigenvalue weighted by molar-refractivity contribution is 0.0438. The van der Waals surface area contributed by atoms with Crippen LogP contribution >= 0.6 is 0 Å². The van der Waals surface area contributed by atoms with Gasteiger partial charge in [0.05, 0.1) is 18.5 Å². The Bertz CT molecular complexity index is 638. The fraction of sp³-hybridized carbons (Fsp3) is 0.500. The maximum atomic E-state index is 11.6. The van der Waals surface area contributed by atoms with Crippen molar-refractivity contribution in [2.24, 2.45) is 0 Å². The van der Waals surface area contributed by atoms with E-state index in [-0.39, 0.29) is 17.5 Å². The van der Waals surface area contributed by atoms with E-state index in [1.54, 1.807) is 4.57 Å². The van der Waals surface area contributed by atoms with Crippen molar-refractivity contribution in [2.45, 2.75) is 31.1 Å². The topological polar surface area (TPSA) is 130 Å². The van der Waals surface area contributed by atoms with Crippen molar-refractivity contribution in [3.05, 3.63) is 16.7 Å². The number of imidazole rings is 1. The molecule has 96 valence electrons. The zero-order valence-electron chi connectivity index (χ0n) is 9.45. The molecule has 0 bridgehead atoms. The number of aromatic nitrogens is 4. The summed E-state index contributed by atoms with van der Waals surface area (Å²) >= 11 is 0. The quantitative estimate of drug-likeness (QED) is 0.501. The van der Waals surface area contributed by atoms with Gasteiger partial charge in [0.1, 0.15) is 0 Å². The second-order valence-corrected chi connectivity index (χ2v) is 4.54. The maximum Gasteiger partial charge on any atom is 0.280 e. The lowest BCUT2D eigenvalue weighted by Crippen LogP contribution is -2.17. The average molecular weight is 251 g/mol. The lowest BCUT2D eigenvalue weighted by Gasteiger charge is -2.11. The largest absolute Gasteiger partial charge is 0.390 e. The predicted octanol–water partition coefficient (Wildman–Crippen LogP) is -1.24. The van der Waals surface area contributed by atoms with Crippen molar-refractivity contribution in [3.8, 4) is 0 Å². The van der Waals surface area contributed by atoms with Gasteiger partial charge in [0, 0.05) is 6.04 Å². The number of aromatic amines is 1. The van der Waals surface area contributed by atoms with E-state index in [1.807, 2.05) is 0 Å². The first-order chi connectivity index (χ1) is 8.56. The predicted molar refractivity (Wildman–Crippen MR) is 62.8 cm³/mol. The third kappa shape index (κ3) is 1.57. The SMILES string of the molecule is Nc1nc2c(ncn2C2C[C@H](O)[C@@H](O)C2)c(=O)[nH]1. The summed E-state index contributed by atoms with van der Waals surface area (Å²) in [5.74, 6) is 0.0216. The molecule has 1 saturated carbocycles. The molecule has 0 aromatic carbocycles. The zero-order valence-corrected chi connectivity index (χ0v) is 9.45. The Balaban J connectivity index is 2.11. The van der Waals surface area contributed by atoms with Crippen molar-refractivity contribution in [2.75, 3.05) is 5.73 Å². The number of nitrogen functional groups attached to an aromatic ring is 1. The van der Waals surface area contributed by atoms with Gasteiger partial charge in [0.2, 0.25) is 5.95 Å². The number of H-pyrrole nitrogens is 1. The van der Waals surface area contributed by atoms with Crippen molar-refractivity contribution < 1.29 is 10.2 Å². The normalized spacial score (nSPS) is 25.0. The molecule has 8 heteroatoms. The summed E-state index contributed by atoms with van der Waals surface area (Å²) < 4.78 is 1.68. The fourth-order valence-corrected chi connectivity index (χ4v) is 2.41. The Kier molecular flexibility index (Phi) is 2.35. The van der Waals surface area contributed by atoms with Gasteiger partial charge in [0.25, 0.3) is 5.56 Å². The highest BCUT2D eigenvalue weighted by atomic mass is 16.3. The highest BCUT2D eigenvalue weighted by molar-refractivity contribution is 5.70. The molecule has 1 fully saturated rings. The summed E-state index contributed by atoms with van der Waals surface area (Å²) in [6.07, 6.45) is 0.780. The third-order valence-electron chi connectivity index (χ3n) is 3.32. The average Bonchev–Trinajstić information content (AvgIpc) is 2.83. The van der Waals surface area contributed by atoms with Crippen molar-refractivity contribution in [1.29, 1.82) is 0 Å². The van der Waals surface area contributed by atoms with Crippen molar-refractivity contribution >= 4 is 17.1 Å². The molecule has 0 spiro atoms. The van der Waals surface area contributed by atoms with Crippen LogP contribution in [0.15, 0.2) is 11.1 Å². The van der Waals surface area contributed by atoms with Crippen LogP contribution in [0, 0.1) is 0 Å². The molecule has 18 heavy (non-hydrogen) atoms. The van der Waals surface area contributed by atoms with Crippen LogP contribution in [0.1, 0.15) is 18.9 Å². The number of aliphatic hydroxyl groups excluding tert-OH is 2. The number of nitrogens with one attached hydrogen (secondary N) is 1. The Morgan fingerprint density at radius 3 is 2.72 bits per heavy atom. The first-order valence-corrected chi connectivity index (χ1v) is 5.64. The first-order valence-electron chi connectivity index (χ1n) is 5.64. The number of hydrogen-bond donors (Lipinski definition) is 4. The Hall–Kier alpha value is -1.93. The highest BCUT2D eigenvalue weighted by Crippen LogP contribution is 2.31. The van der Waals surface area contributed by atoms with E-state index >= 15 is 0 Å². The summed E-state index contributed by atoms with van der Waals surface area (Å²) in [6.45, 7) is 0. The van der Waals surface area contributed by atoms with Crippen molar-refractivity contribution in [3.63, 3.8) is 0 Å². The highest BCUT2D eigenvalue weighted by Gasteiger charge is 2.33. The summed E-state index contributed by atoms with van der Waals surface area (Å²) in [5, 5.41) is 19.1. The van der Waals surface area contributed by atoms with E-state index in [9.17, 15) is 15.0 Å². The molecule has 2 heterocycles. The molecule has 0 amide bonds. The van der Waals surface area contributed by atoms with Crippen LogP contribution in [0.5, 0.6) is 0 Å². The lowest BCUT2D eigenvalue weighted by atomic mass is 10.2. The molecule has 1 aliphatic carbocycles. The maximum absolute atomic E-state index is 11.6. The van der Waals surface area contributed by atoms with Gasteiger partial charge < -0.3 is 20.5 Å². The monoisotopic (exact) mass is 251 g/mol. The minimum atomic E-state index is -0.758. The molecule has 5 N–H and O–H groups in total. The fourth-order valence-electron chi connectivity index (χ4n) is 2.41. The standard InChI is InChI=1S/C10H13N5O3/c11-10-13-8-7(9(18)14-10)12-3-15(8)4-1-5(16)6(17)2-4/h3-6,16-17H,1-2H2,(H3,11,13,14,18)/t5-,6-/m0/s1. The minimum absolute atomic E-state index is 0.0216. The number of hydrogen-bond acceptors (Lipinski definition) is 6. The van der Waals surface area contributed by atoms with Crippen LogP contribution in [0.25, 0.3) is 11.2 Å². The molecule has 0 saturated heterocycles. The molecule has 2 atom stereocenters. The summed E-state index contributed by atoms with van der Waals surface area (Å²) in [6, 6.07) is -0.131. The van der Waals surface area contributed by atoms with E-state index in [0.29, 0.717) is 18.5 Å². The van der Waals surface area contributed by atoms with Gasteiger partial charge >= 0.3 is 0 Å². The number of nitrogens with two attached hydrogens (primary N) is 1. The van der Waals surface area contributed by atoms with Crippen LogP contribution < -0.4 is 11.3 Å². The van der Waals surface area contributed by atoms with E-state index in [4.69, 9.17) is 5.73 Å². The third-order valence-corrected chi connectivity index (χ3v) is 3.32. The molecule has 1 aliphatic rings. The summed E-state index contributed by atoms with van der Waals surface area (Å²) in [5.41, 5.74) is 5.69. The molecular weight excluding hydrogens is 238 g/mol. The Morgan fingerprint density at radius 1 is 1.39 bits per heavy atom. The molecule has 8 nitrogen and oxygen atoms in total. The molecule has 0 unspecified atom stereocenters. The van der Waals surface area contributed by atoms with Gasteiger partial charge in [-0.1, -0.05) is 0 Å². The number of anilines is 1. The second-order valence-electron chi connectivity index (χ2n) is 4.54. The van der Waals surface area contributed by atoms with Gasteiger partial charge in [-0.25, -0.2) is 4.98 Å². The molecule has 0 radical (unpaired) electrons. The Morgan fingerprint density at radius 2 is 2.06 bits per heavy atom. The molecular formula is C10H13N5O3. The van der Waals surface area contributed by atoms with Crippen LogP contribution in [-0.4, -0.2) is 41.9 Å². The van der Waals surface area contributed by atoms with Gasteiger partial charge in [-0.2, -0.15) is 4.98 Å². The molecule has 0 aliphatic heterocycles. The van der Waals surface area contributed by atoms with Crippen LogP contribution in [0.3, 0.4) is 0 Å². The van der Waals surface area contributed by atoms with E-state index in [1.165, 1.54) is 6.33 Å². The smallest absolute Gasteiger partial charge is 0.280 e. The number of nitrogens with zero attached hydrogens (tertiary/aromatic N) is 3. The Labute approximate surface area is 101 Å². The molecule has 2 aromatic rings. The first kappa shape index (κ1) is 11.2. The summed E-state index contributed by atoms with van der Waals surface area (Å²) in [4.78, 5) is 22.0. The van der Waals surface area contributed by atoms with E-state index < -0.39 is 17.8 Å². The number of aliphatic hydroxyl groups is 2. The second kappa shape index (κ2) is 3.79. The van der Waals surface area contributed by atoms with E-state index in [0.717, 1.165) is 0 Å². The van der Waals surface area contributed by atoms with E-state index in [2.05, 4.69) is 15.0 Å². The van der Waals surface area contributed by atoms with Crippen LogP contribution in [0.4, 0.5) is 5.95 Å². The van der Waals surface area contributed by atoms with Gasteiger partial charge in [-0.05, 0) is 12.8 Å².